The molecule has 2 aromatic carbocycles. The zero-order valence-electron chi connectivity index (χ0n) is 25.2. The fourth-order valence-corrected chi connectivity index (χ4v) is 5.37. The fraction of sp³-hybridized carbons (Fsp3) is 0.344. The number of rotatable bonds is 5. The maximum Gasteiger partial charge on any atom is 0.292 e. The number of ether oxygens (including phenoxy) is 1. The van der Waals surface area contributed by atoms with Crippen molar-refractivity contribution in [1.82, 2.24) is 29.8 Å². The number of piperazine rings is 1. The molecule has 12 heteroatoms. The molecule has 0 atom stereocenters. The van der Waals surface area contributed by atoms with E-state index in [2.05, 4.69) is 25.4 Å². The van der Waals surface area contributed by atoms with Crippen molar-refractivity contribution in [2.24, 2.45) is 17.8 Å². The number of nitrogens with two attached hydrogens (primary N) is 1. The lowest BCUT2D eigenvalue weighted by Crippen LogP contribution is -2.55. The number of halogens is 1. The molecule has 228 valence electrons. The molecule has 2 aromatic heterocycles. The summed E-state index contributed by atoms with van der Waals surface area (Å²) in [5, 5.41) is 12.5. The molecule has 44 heavy (non-hydrogen) atoms. The van der Waals surface area contributed by atoms with Crippen molar-refractivity contribution >= 4 is 22.3 Å². The minimum absolute atomic E-state index is 0.0311. The van der Waals surface area contributed by atoms with E-state index in [4.69, 9.17) is 10.5 Å². The average Bonchev–Trinajstić information content (AvgIpc) is 2.94. The van der Waals surface area contributed by atoms with Crippen LogP contribution in [0.1, 0.15) is 26.3 Å². The number of aliphatic imine (C=N–C) groups is 1. The van der Waals surface area contributed by atoms with Gasteiger partial charge in [-0.15, -0.1) is 0 Å². The molecule has 11 nitrogen and oxygen atoms in total. The first-order chi connectivity index (χ1) is 21.0. The molecular weight excluding hydrogens is 563 g/mol. The molecule has 0 saturated carbocycles. The second-order valence-corrected chi connectivity index (χ2v) is 12.2. The number of hydrogen-bond acceptors (Lipinski definition) is 8. The maximum absolute atomic E-state index is 15.2. The third kappa shape index (κ3) is 5.78. The van der Waals surface area contributed by atoms with Gasteiger partial charge in [-0.1, -0.05) is 32.9 Å². The third-order valence-corrected chi connectivity index (χ3v) is 7.97. The van der Waals surface area contributed by atoms with Crippen LogP contribution >= 0.6 is 0 Å². The summed E-state index contributed by atoms with van der Waals surface area (Å²) in [6.45, 7) is 9.81. The van der Waals surface area contributed by atoms with Crippen LogP contribution in [0.3, 0.4) is 0 Å². The number of amidine groups is 1. The number of aryl methyl sites for hydroxylation is 1. The Labute approximate surface area is 253 Å². The Balaban J connectivity index is 1.33. The van der Waals surface area contributed by atoms with Crippen molar-refractivity contribution < 1.29 is 9.13 Å². The van der Waals surface area contributed by atoms with Crippen molar-refractivity contribution in [3.8, 4) is 16.9 Å². The van der Waals surface area contributed by atoms with E-state index in [-0.39, 0.29) is 22.3 Å². The molecule has 0 aliphatic carbocycles. The standard InChI is InChI=1S/C32H35FN8O3/c1-32(2,3)21-10-20-15-36-41(31(43)29(20)25(33)12-21)23-7-5-6-19(11-23)26-14-27(30(42)39(4)38-26)37-28(34)13-22-16-40(9-8-35-22)24-17-44-18-24/h5-7,10-15,24,35H,8-9,16-18H2,1-4H3,(H2,34,37)/b22-13-. The third-order valence-electron chi connectivity index (χ3n) is 7.97. The van der Waals surface area contributed by atoms with E-state index in [9.17, 15) is 9.59 Å². The predicted molar refractivity (Wildman–Crippen MR) is 168 cm³/mol. The summed E-state index contributed by atoms with van der Waals surface area (Å²) in [6, 6.07) is 12.1. The second-order valence-electron chi connectivity index (χ2n) is 12.2. The Hall–Kier alpha value is -4.68. The highest BCUT2D eigenvalue weighted by Crippen LogP contribution is 2.27. The van der Waals surface area contributed by atoms with Crippen LogP contribution in [0.25, 0.3) is 27.7 Å². The summed E-state index contributed by atoms with van der Waals surface area (Å²) in [7, 11) is 1.54. The Morgan fingerprint density at radius 2 is 1.95 bits per heavy atom. The SMILES string of the molecule is Cn1nc(-c2cccc(-n3ncc4cc(C(C)(C)C)cc(F)c4c3=O)c2)cc(N=C(N)/C=C2/CN(C3COC3)CCN2)c1=O. The zero-order chi connectivity index (χ0) is 31.2. The van der Waals surface area contributed by atoms with Gasteiger partial charge in [-0.25, -0.2) is 14.1 Å². The molecule has 2 saturated heterocycles. The summed E-state index contributed by atoms with van der Waals surface area (Å²) < 4.78 is 22.9. The first-order valence-corrected chi connectivity index (χ1v) is 14.5. The number of fused-ring (bicyclic) bond motifs is 1. The number of nitrogens with one attached hydrogen (secondary N) is 1. The Morgan fingerprint density at radius 3 is 2.68 bits per heavy atom. The van der Waals surface area contributed by atoms with Gasteiger partial charge in [0, 0.05) is 49.4 Å². The van der Waals surface area contributed by atoms with E-state index in [0.29, 0.717) is 34.9 Å². The molecule has 0 radical (unpaired) electrons. The van der Waals surface area contributed by atoms with Crippen molar-refractivity contribution in [2.45, 2.75) is 32.2 Å². The van der Waals surface area contributed by atoms with Crippen molar-refractivity contribution in [1.29, 1.82) is 0 Å². The highest BCUT2D eigenvalue weighted by Gasteiger charge is 2.28. The lowest BCUT2D eigenvalue weighted by molar-refractivity contribution is -0.0644. The maximum atomic E-state index is 15.2. The monoisotopic (exact) mass is 598 g/mol. The van der Waals surface area contributed by atoms with Crippen LogP contribution in [0.4, 0.5) is 10.1 Å². The molecular formula is C32H35FN8O3. The molecule has 2 aliphatic rings. The van der Waals surface area contributed by atoms with E-state index in [1.54, 1.807) is 42.5 Å². The van der Waals surface area contributed by atoms with Gasteiger partial charge < -0.3 is 15.8 Å². The number of hydrogen-bond donors (Lipinski definition) is 2. The summed E-state index contributed by atoms with van der Waals surface area (Å²) in [5.74, 6) is -0.404. The molecule has 2 aliphatic heterocycles. The number of nitrogens with zero attached hydrogens (tertiary/aromatic N) is 6. The molecule has 0 bridgehead atoms. The van der Waals surface area contributed by atoms with Crippen LogP contribution in [-0.4, -0.2) is 69.2 Å². The fourth-order valence-electron chi connectivity index (χ4n) is 5.37. The van der Waals surface area contributed by atoms with Crippen molar-refractivity contribution in [3.63, 3.8) is 0 Å². The molecule has 6 rings (SSSR count). The van der Waals surface area contributed by atoms with Gasteiger partial charge in [0.1, 0.15) is 17.3 Å². The molecule has 2 fully saturated rings. The summed E-state index contributed by atoms with van der Waals surface area (Å²) >= 11 is 0. The lowest BCUT2D eigenvalue weighted by Gasteiger charge is -2.40. The number of aromatic nitrogens is 4. The molecule has 4 aromatic rings. The summed E-state index contributed by atoms with van der Waals surface area (Å²) in [5.41, 5.74) is 8.28. The van der Waals surface area contributed by atoms with Gasteiger partial charge in [0.25, 0.3) is 11.1 Å². The number of benzene rings is 2. The van der Waals surface area contributed by atoms with Crippen LogP contribution in [-0.2, 0) is 17.2 Å². The van der Waals surface area contributed by atoms with Crippen LogP contribution in [0.2, 0.25) is 0 Å². The molecule has 0 spiro atoms. The Morgan fingerprint density at radius 1 is 1.16 bits per heavy atom. The van der Waals surface area contributed by atoms with Gasteiger partial charge in [0.05, 0.1) is 42.2 Å². The molecule has 3 N–H and O–H groups in total. The van der Waals surface area contributed by atoms with E-state index in [0.717, 1.165) is 42.2 Å². The van der Waals surface area contributed by atoms with Crippen molar-refractivity contribution in [2.75, 3.05) is 32.8 Å². The minimum Gasteiger partial charge on any atom is -0.386 e. The van der Waals surface area contributed by atoms with Crippen molar-refractivity contribution in [3.05, 3.63) is 92.5 Å². The van der Waals surface area contributed by atoms with Gasteiger partial charge in [-0.05, 0) is 41.3 Å². The average molecular weight is 599 g/mol. The predicted octanol–water partition coefficient (Wildman–Crippen LogP) is 2.76. The molecule has 0 amide bonds. The van der Waals surface area contributed by atoms with Gasteiger partial charge in [-0.2, -0.15) is 14.9 Å². The topological polar surface area (TPSA) is 133 Å². The summed E-state index contributed by atoms with van der Waals surface area (Å²) in [6.07, 6.45) is 3.24. The summed E-state index contributed by atoms with van der Waals surface area (Å²) in [4.78, 5) is 33.1. The first-order valence-electron chi connectivity index (χ1n) is 14.5. The van der Waals surface area contributed by atoms with Gasteiger partial charge in [0.15, 0.2) is 0 Å². The highest BCUT2D eigenvalue weighted by atomic mass is 19.1. The van der Waals surface area contributed by atoms with E-state index in [1.807, 2.05) is 20.8 Å². The van der Waals surface area contributed by atoms with E-state index < -0.39 is 16.9 Å². The van der Waals surface area contributed by atoms with Gasteiger partial charge in [-0.3, -0.25) is 14.5 Å². The Bertz CT molecular complexity index is 1930. The zero-order valence-corrected chi connectivity index (χ0v) is 25.2. The van der Waals surface area contributed by atoms with E-state index >= 15 is 4.39 Å². The minimum atomic E-state index is -0.590. The normalized spacial score (nSPS) is 17.6. The smallest absolute Gasteiger partial charge is 0.292 e. The van der Waals surface area contributed by atoms with Gasteiger partial charge in [0.2, 0.25) is 0 Å². The van der Waals surface area contributed by atoms with Crippen LogP contribution in [0.15, 0.2) is 75.0 Å². The van der Waals surface area contributed by atoms with E-state index in [1.165, 1.54) is 24.0 Å². The highest BCUT2D eigenvalue weighted by molar-refractivity contribution is 5.94. The second kappa shape index (κ2) is 11.4. The quantitative estimate of drug-likeness (QED) is 0.265. The van der Waals surface area contributed by atoms with Crippen LogP contribution < -0.4 is 22.2 Å². The first kappa shape index (κ1) is 29.4. The Kier molecular flexibility index (Phi) is 7.64. The molecule has 4 heterocycles. The molecule has 0 unspecified atom stereocenters. The largest absolute Gasteiger partial charge is 0.386 e. The lowest BCUT2D eigenvalue weighted by atomic mass is 9.86. The van der Waals surface area contributed by atoms with Crippen LogP contribution in [0.5, 0.6) is 0 Å². The van der Waals surface area contributed by atoms with Gasteiger partial charge >= 0.3 is 0 Å². The van der Waals surface area contributed by atoms with Crippen LogP contribution in [0, 0.1) is 5.82 Å².